The first-order chi connectivity index (χ1) is 38.2. The minimum Gasteiger partial charge on any atom is -0.455 e. The molecule has 0 fully saturated rings. The molecule has 1 heterocycles. The van der Waals surface area contributed by atoms with Crippen LogP contribution in [-0.4, -0.2) is 0 Å². The second-order valence-electron chi connectivity index (χ2n) is 20.3. The Morgan fingerprint density at radius 2 is 0.831 bits per heavy atom. The molecule has 0 spiro atoms. The van der Waals surface area contributed by atoms with E-state index in [4.69, 9.17) is 4.42 Å². The van der Waals surface area contributed by atoms with Crippen LogP contribution in [0.25, 0.3) is 99.1 Å². The number of furan rings is 1. The Bertz CT molecular complexity index is 4520. The van der Waals surface area contributed by atoms with Crippen LogP contribution >= 0.6 is 0 Å². The molecule has 0 amide bonds. The monoisotopic (exact) mass is 979 g/mol. The van der Waals surface area contributed by atoms with Gasteiger partial charge in [0, 0.05) is 22.3 Å². The Morgan fingerprint density at radius 3 is 1.64 bits per heavy atom. The molecule has 0 radical (unpaired) electrons. The molecular formula is C75H49NO. The zero-order valence-electron chi connectivity index (χ0n) is 42.1. The molecule has 2 nitrogen and oxygen atoms in total. The highest BCUT2D eigenvalue weighted by Gasteiger charge is 2.46. The van der Waals surface area contributed by atoms with Crippen LogP contribution in [0, 0.1) is 0 Å². The summed E-state index contributed by atoms with van der Waals surface area (Å²) < 4.78 is 7.03. The van der Waals surface area contributed by atoms with Crippen molar-refractivity contribution >= 4 is 60.5 Å². The number of rotatable bonds is 9. The van der Waals surface area contributed by atoms with E-state index in [1.54, 1.807) is 0 Å². The van der Waals surface area contributed by atoms with Gasteiger partial charge in [0.25, 0.3) is 0 Å². The summed E-state index contributed by atoms with van der Waals surface area (Å²) in [6, 6.07) is 109. The minimum absolute atomic E-state index is 0.509. The highest BCUT2D eigenvalue weighted by molar-refractivity contribution is 6.18. The molecule has 13 aromatic carbocycles. The SMILES string of the molecule is c1ccc(C2(c3ccccc3)c3ccccc3-c3ccc(-c4cccc(N(c5ccc(-c6cccc(-c7ccc8ccccc8c7)c6)cc5)c5ccc(-c6cccc7ccccc67)c6oc7ccccc7c56)c4)cc32)cc1. The third-order valence-electron chi connectivity index (χ3n) is 16.1. The van der Waals surface area contributed by atoms with E-state index in [2.05, 4.69) is 302 Å². The summed E-state index contributed by atoms with van der Waals surface area (Å²) in [6.45, 7) is 0. The minimum atomic E-state index is -0.509. The summed E-state index contributed by atoms with van der Waals surface area (Å²) >= 11 is 0. The number of fused-ring (bicyclic) bond motifs is 8. The van der Waals surface area contributed by atoms with E-state index in [0.29, 0.717) is 0 Å². The third-order valence-corrected chi connectivity index (χ3v) is 16.1. The highest BCUT2D eigenvalue weighted by Crippen LogP contribution is 2.57. The molecule has 0 atom stereocenters. The van der Waals surface area contributed by atoms with E-state index in [9.17, 15) is 0 Å². The van der Waals surface area contributed by atoms with Crippen molar-refractivity contribution in [3.8, 4) is 55.6 Å². The molecule has 0 N–H and O–H groups in total. The fourth-order valence-electron chi connectivity index (χ4n) is 12.6. The Labute approximate surface area is 448 Å². The van der Waals surface area contributed by atoms with Crippen molar-refractivity contribution in [2.45, 2.75) is 5.41 Å². The molecule has 1 aliphatic rings. The summed E-state index contributed by atoms with van der Waals surface area (Å²) in [5.74, 6) is 0. The smallest absolute Gasteiger partial charge is 0.145 e. The molecule has 360 valence electrons. The van der Waals surface area contributed by atoms with Crippen molar-refractivity contribution < 1.29 is 4.42 Å². The summed E-state index contributed by atoms with van der Waals surface area (Å²) in [5.41, 5.74) is 21.1. The van der Waals surface area contributed by atoms with Gasteiger partial charge in [-0.3, -0.25) is 0 Å². The first-order valence-electron chi connectivity index (χ1n) is 26.6. The number of para-hydroxylation sites is 1. The van der Waals surface area contributed by atoms with Crippen LogP contribution in [-0.2, 0) is 5.41 Å². The van der Waals surface area contributed by atoms with Gasteiger partial charge >= 0.3 is 0 Å². The molecule has 15 rings (SSSR count). The van der Waals surface area contributed by atoms with Crippen LogP contribution in [0.3, 0.4) is 0 Å². The van der Waals surface area contributed by atoms with Crippen molar-refractivity contribution in [3.05, 3.63) is 320 Å². The van der Waals surface area contributed by atoms with Crippen LogP contribution in [0.15, 0.2) is 302 Å². The van der Waals surface area contributed by atoms with Crippen molar-refractivity contribution in [2.75, 3.05) is 4.90 Å². The molecule has 2 heteroatoms. The zero-order chi connectivity index (χ0) is 50.9. The molecule has 0 bridgehead atoms. The predicted molar refractivity (Wildman–Crippen MR) is 322 cm³/mol. The standard InChI is InChI=1S/C75H49NO/c1-3-25-59(26-4-1)75(60-27-5-2-6-28-60)69-34-13-11-31-65(69)66-43-40-58(49-70(66)75)56-24-16-29-62(48-56)76(61-41-38-51(39-42-61)54-22-15-23-55(46-54)57-37-36-50-18-7-8-20-53(50)47-57)71-45-44-67(64-33-17-21-52-19-9-10-30-63(52)64)74-73(71)68-32-12-14-35-72(68)77-74/h1-49H. The van der Waals surface area contributed by atoms with Gasteiger partial charge in [-0.1, -0.05) is 237 Å². The lowest BCUT2D eigenvalue weighted by molar-refractivity contribution is 0.670. The van der Waals surface area contributed by atoms with E-state index in [0.717, 1.165) is 66.8 Å². The lowest BCUT2D eigenvalue weighted by Gasteiger charge is -2.34. The lowest BCUT2D eigenvalue weighted by Crippen LogP contribution is -2.28. The van der Waals surface area contributed by atoms with Gasteiger partial charge < -0.3 is 9.32 Å². The van der Waals surface area contributed by atoms with Crippen LogP contribution < -0.4 is 4.90 Å². The average molecular weight is 980 g/mol. The van der Waals surface area contributed by atoms with E-state index in [-0.39, 0.29) is 0 Å². The summed E-state index contributed by atoms with van der Waals surface area (Å²) in [5, 5.41) is 7.00. The van der Waals surface area contributed by atoms with Crippen molar-refractivity contribution in [1.82, 2.24) is 0 Å². The summed E-state index contributed by atoms with van der Waals surface area (Å²) in [4.78, 5) is 2.43. The van der Waals surface area contributed by atoms with Gasteiger partial charge in [0.05, 0.1) is 16.5 Å². The normalized spacial score (nSPS) is 12.5. The first kappa shape index (κ1) is 44.5. The Balaban J connectivity index is 0.912. The number of benzene rings is 13. The molecule has 0 unspecified atom stereocenters. The number of hydrogen-bond acceptors (Lipinski definition) is 2. The zero-order valence-corrected chi connectivity index (χ0v) is 42.1. The fraction of sp³-hybridized carbons (Fsp3) is 0.0133. The van der Waals surface area contributed by atoms with Gasteiger partial charge in [-0.25, -0.2) is 0 Å². The van der Waals surface area contributed by atoms with Gasteiger partial charge in [-0.2, -0.15) is 0 Å². The van der Waals surface area contributed by atoms with Crippen molar-refractivity contribution in [1.29, 1.82) is 0 Å². The van der Waals surface area contributed by atoms with Gasteiger partial charge in [-0.15, -0.1) is 0 Å². The molecule has 77 heavy (non-hydrogen) atoms. The van der Waals surface area contributed by atoms with Crippen LogP contribution in [0.4, 0.5) is 17.1 Å². The largest absolute Gasteiger partial charge is 0.455 e. The molecule has 1 aromatic heterocycles. The second-order valence-corrected chi connectivity index (χ2v) is 20.3. The van der Waals surface area contributed by atoms with E-state index < -0.39 is 5.41 Å². The Hall–Kier alpha value is -10.0. The Kier molecular flexibility index (Phi) is 10.5. The van der Waals surface area contributed by atoms with Crippen LogP contribution in [0.2, 0.25) is 0 Å². The average Bonchev–Trinajstić information content (AvgIpc) is 4.22. The molecule has 0 saturated carbocycles. The molecule has 14 aromatic rings. The number of anilines is 3. The highest BCUT2D eigenvalue weighted by atomic mass is 16.3. The molecule has 0 aliphatic heterocycles. The quantitative estimate of drug-likeness (QED) is 0.143. The summed E-state index contributed by atoms with van der Waals surface area (Å²) in [7, 11) is 0. The molecule has 1 aliphatic carbocycles. The first-order valence-corrected chi connectivity index (χ1v) is 26.6. The van der Waals surface area contributed by atoms with E-state index in [1.807, 2.05) is 0 Å². The number of hydrogen-bond donors (Lipinski definition) is 0. The topological polar surface area (TPSA) is 16.4 Å². The second kappa shape index (κ2) is 18.1. The molecular weight excluding hydrogens is 931 g/mol. The predicted octanol–water partition coefficient (Wildman–Crippen LogP) is 20.4. The van der Waals surface area contributed by atoms with Gasteiger partial charge in [-0.05, 0) is 155 Å². The van der Waals surface area contributed by atoms with Gasteiger partial charge in [0.2, 0.25) is 0 Å². The van der Waals surface area contributed by atoms with E-state index in [1.165, 1.54) is 71.6 Å². The maximum absolute atomic E-state index is 7.03. The summed E-state index contributed by atoms with van der Waals surface area (Å²) in [6.07, 6.45) is 0. The maximum atomic E-state index is 7.03. The number of nitrogens with zero attached hydrogens (tertiary/aromatic N) is 1. The van der Waals surface area contributed by atoms with Gasteiger partial charge in [0.1, 0.15) is 11.2 Å². The van der Waals surface area contributed by atoms with Crippen molar-refractivity contribution in [2.24, 2.45) is 0 Å². The molecule has 0 saturated heterocycles. The maximum Gasteiger partial charge on any atom is 0.145 e. The Morgan fingerprint density at radius 1 is 0.286 bits per heavy atom. The van der Waals surface area contributed by atoms with E-state index >= 15 is 0 Å². The lowest BCUT2D eigenvalue weighted by atomic mass is 9.67. The fourth-order valence-corrected chi connectivity index (χ4v) is 12.6. The van der Waals surface area contributed by atoms with Crippen molar-refractivity contribution in [3.63, 3.8) is 0 Å². The van der Waals surface area contributed by atoms with Crippen LogP contribution in [0.1, 0.15) is 22.3 Å². The van der Waals surface area contributed by atoms with Gasteiger partial charge in [0.15, 0.2) is 0 Å². The third kappa shape index (κ3) is 7.25. The van der Waals surface area contributed by atoms with Crippen LogP contribution in [0.5, 0.6) is 0 Å².